The fourth-order valence-electron chi connectivity index (χ4n) is 10.9. The van der Waals surface area contributed by atoms with Crippen LogP contribution >= 0.6 is 0 Å². The molecule has 1 fully saturated rings. The monoisotopic (exact) mass is 1180 g/mol. The van der Waals surface area contributed by atoms with Gasteiger partial charge in [0.25, 0.3) is 0 Å². The summed E-state index contributed by atoms with van der Waals surface area (Å²) >= 11 is 0. The molecule has 84 heavy (non-hydrogen) atoms. The molecule has 488 valence electrons. The minimum atomic E-state index is -1.62. The van der Waals surface area contributed by atoms with Crippen LogP contribution in [0.2, 0.25) is 0 Å². The van der Waals surface area contributed by atoms with Gasteiger partial charge < -0.3 is 45.1 Å². The number of amides is 1. The van der Waals surface area contributed by atoms with Crippen molar-refractivity contribution in [2.24, 2.45) is 0 Å². The Labute approximate surface area is 515 Å². The summed E-state index contributed by atoms with van der Waals surface area (Å²) in [6.07, 6.45) is 67.9. The first-order chi connectivity index (χ1) is 41.2. The van der Waals surface area contributed by atoms with Crippen LogP contribution in [-0.4, -0.2) is 99.6 Å². The van der Waals surface area contributed by atoms with Gasteiger partial charge in [0, 0.05) is 6.42 Å². The zero-order valence-corrected chi connectivity index (χ0v) is 54.3. The summed E-state index contributed by atoms with van der Waals surface area (Å²) in [6.45, 7) is 5.71. The van der Waals surface area contributed by atoms with Crippen molar-refractivity contribution in [1.82, 2.24) is 5.32 Å². The second kappa shape index (κ2) is 60.4. The lowest BCUT2D eigenvalue weighted by Crippen LogP contribution is -2.61. The van der Waals surface area contributed by atoms with Gasteiger partial charge in [-0.2, -0.15) is 0 Å². The number of carbonyl (C=O) groups excluding carboxylic acids is 2. The highest BCUT2D eigenvalue weighted by Crippen LogP contribution is 2.26. The number of hydrogen-bond acceptors (Lipinski definition) is 10. The van der Waals surface area contributed by atoms with E-state index in [-0.39, 0.29) is 13.0 Å². The van der Waals surface area contributed by atoms with E-state index < -0.39 is 67.4 Å². The summed E-state index contributed by atoms with van der Waals surface area (Å²) in [5, 5.41) is 57.2. The highest BCUT2D eigenvalue weighted by Gasteiger charge is 2.47. The van der Waals surface area contributed by atoms with Crippen molar-refractivity contribution in [2.45, 2.75) is 365 Å². The third kappa shape index (κ3) is 47.2. The molecule has 11 nitrogen and oxygen atoms in total. The third-order valence-corrected chi connectivity index (χ3v) is 16.4. The molecule has 8 unspecified atom stereocenters. The van der Waals surface area contributed by atoms with Gasteiger partial charge in [-0.3, -0.25) is 9.59 Å². The molecule has 0 aromatic heterocycles. The van der Waals surface area contributed by atoms with Gasteiger partial charge in [0.1, 0.15) is 24.4 Å². The van der Waals surface area contributed by atoms with Gasteiger partial charge in [-0.25, -0.2) is 0 Å². The van der Waals surface area contributed by atoms with Crippen LogP contribution in [0.15, 0.2) is 72.9 Å². The van der Waals surface area contributed by atoms with E-state index in [1.165, 1.54) is 167 Å². The SMILES string of the molecule is CC/C=C\C/C=C\C/C=C\C/C=C\C/C=C\CCCCCCCCCCCC(=O)OC1C(OCC(NC(=O)C(O)CCCCCCCCCCCCCCCCCCCC)C(O)/C=C/CCCCCCCCCCCC)OC(CO)C(O)C1O. The summed E-state index contributed by atoms with van der Waals surface area (Å²) in [7, 11) is 0. The van der Waals surface area contributed by atoms with Gasteiger partial charge in [0.15, 0.2) is 12.4 Å². The third-order valence-electron chi connectivity index (χ3n) is 16.4. The van der Waals surface area contributed by atoms with E-state index in [1.54, 1.807) is 6.08 Å². The van der Waals surface area contributed by atoms with Crippen molar-refractivity contribution in [3.63, 3.8) is 0 Å². The maximum atomic E-state index is 13.5. The highest BCUT2D eigenvalue weighted by molar-refractivity contribution is 5.80. The molecular weight excluding hydrogens is 1050 g/mol. The molecule has 8 atom stereocenters. The predicted molar refractivity (Wildman–Crippen MR) is 352 cm³/mol. The zero-order valence-electron chi connectivity index (χ0n) is 54.3. The van der Waals surface area contributed by atoms with E-state index >= 15 is 0 Å². The first-order valence-electron chi connectivity index (χ1n) is 35.2. The van der Waals surface area contributed by atoms with Gasteiger partial charge in [0.05, 0.1) is 25.4 Å². The first kappa shape index (κ1) is 79.1. The average Bonchev–Trinajstić information content (AvgIpc) is 3.69. The summed E-state index contributed by atoms with van der Waals surface area (Å²) in [5.74, 6) is -1.19. The van der Waals surface area contributed by atoms with E-state index in [4.69, 9.17) is 14.2 Å². The quantitative estimate of drug-likeness (QED) is 0.0195. The molecule has 1 rings (SSSR count). The summed E-state index contributed by atoms with van der Waals surface area (Å²) < 4.78 is 17.7. The lowest BCUT2D eigenvalue weighted by atomic mass is 9.99. The van der Waals surface area contributed by atoms with Crippen LogP contribution in [0.25, 0.3) is 0 Å². The molecule has 6 N–H and O–H groups in total. The number of unbranched alkanes of at least 4 members (excludes halogenated alkanes) is 36. The Bertz CT molecular complexity index is 1640. The Morgan fingerprint density at radius 1 is 0.476 bits per heavy atom. The van der Waals surface area contributed by atoms with Crippen LogP contribution in [0.3, 0.4) is 0 Å². The number of hydrogen-bond donors (Lipinski definition) is 6. The molecule has 1 aliphatic rings. The second-order valence-corrected chi connectivity index (χ2v) is 24.2. The molecule has 1 saturated heterocycles. The fraction of sp³-hybridized carbons (Fsp3) is 0.808. The predicted octanol–water partition coefficient (Wildman–Crippen LogP) is 17.9. The Hall–Kier alpha value is -2.90. The van der Waals surface area contributed by atoms with Crippen LogP contribution in [-0.2, 0) is 23.8 Å². The van der Waals surface area contributed by atoms with Crippen LogP contribution in [0, 0.1) is 0 Å². The summed E-state index contributed by atoms with van der Waals surface area (Å²) in [5.41, 5.74) is 0. The molecule has 0 aliphatic carbocycles. The summed E-state index contributed by atoms with van der Waals surface area (Å²) in [6, 6.07) is -1.03. The number of nitrogens with one attached hydrogen (secondary N) is 1. The molecule has 0 spiro atoms. The summed E-state index contributed by atoms with van der Waals surface area (Å²) in [4.78, 5) is 26.7. The minimum Gasteiger partial charge on any atom is -0.454 e. The van der Waals surface area contributed by atoms with E-state index in [0.717, 1.165) is 103 Å². The number of esters is 1. The van der Waals surface area contributed by atoms with E-state index in [0.29, 0.717) is 19.3 Å². The topological polar surface area (TPSA) is 175 Å². The maximum absolute atomic E-state index is 13.5. The average molecular weight is 1180 g/mol. The Morgan fingerprint density at radius 3 is 1.29 bits per heavy atom. The van der Waals surface area contributed by atoms with Crippen molar-refractivity contribution in [3.05, 3.63) is 72.9 Å². The molecule has 11 heteroatoms. The number of allylic oxidation sites excluding steroid dienone is 11. The molecule has 1 amide bonds. The van der Waals surface area contributed by atoms with E-state index in [2.05, 4.69) is 86.8 Å². The lowest BCUT2D eigenvalue weighted by Gasteiger charge is -2.41. The van der Waals surface area contributed by atoms with Gasteiger partial charge in [-0.1, -0.05) is 312 Å². The number of rotatable bonds is 60. The van der Waals surface area contributed by atoms with Gasteiger partial charge in [-0.15, -0.1) is 0 Å². The molecule has 0 saturated carbocycles. The van der Waals surface area contributed by atoms with Crippen LogP contribution in [0.1, 0.15) is 316 Å². The van der Waals surface area contributed by atoms with Gasteiger partial charge in [-0.05, 0) is 70.6 Å². The largest absolute Gasteiger partial charge is 0.454 e. The number of carbonyl (C=O) groups is 2. The number of aliphatic hydroxyl groups excluding tert-OH is 5. The van der Waals surface area contributed by atoms with Crippen LogP contribution in [0.5, 0.6) is 0 Å². The number of ether oxygens (including phenoxy) is 3. The Kier molecular flexibility index (Phi) is 56.9. The smallest absolute Gasteiger partial charge is 0.306 e. The van der Waals surface area contributed by atoms with E-state index in [9.17, 15) is 35.1 Å². The van der Waals surface area contributed by atoms with Gasteiger partial charge >= 0.3 is 5.97 Å². The van der Waals surface area contributed by atoms with Crippen molar-refractivity contribution in [3.8, 4) is 0 Å². The molecule has 0 bridgehead atoms. The molecule has 1 heterocycles. The molecule has 1 aliphatic heterocycles. The normalized spacial score (nSPS) is 18.9. The standard InChI is InChI=1S/C73H131NO10/c1-4-7-10-13-16-19-22-25-27-29-31-32-33-34-35-36-37-39-41-43-46-49-52-55-58-61-68(78)84-71-70(80)69(79)67(62-75)83-73(71)82-63-64(65(76)59-56-53-50-47-44-24-21-18-15-12-9-6-3)74-72(81)66(77)60-57-54-51-48-45-42-40-38-30-28-26-23-20-17-14-11-8-5-2/h7,10,16,19,25,27,31-32,34-35,56,59,64-67,69-71,73,75-77,79-80H,4-6,8-9,11-15,17-18,20-24,26,28-30,33,36-55,57-58,60-63H2,1-3H3,(H,74,81)/b10-7-,19-16-,27-25-,32-31-,35-34-,59-56+. The highest BCUT2D eigenvalue weighted by atomic mass is 16.7. The Morgan fingerprint density at radius 2 is 0.857 bits per heavy atom. The van der Waals surface area contributed by atoms with Crippen molar-refractivity contribution in [2.75, 3.05) is 13.2 Å². The molecule has 0 radical (unpaired) electrons. The lowest BCUT2D eigenvalue weighted by molar-refractivity contribution is -0.305. The minimum absolute atomic E-state index is 0.115. The van der Waals surface area contributed by atoms with Crippen molar-refractivity contribution < 1.29 is 49.3 Å². The van der Waals surface area contributed by atoms with Gasteiger partial charge in [0.2, 0.25) is 5.91 Å². The van der Waals surface area contributed by atoms with E-state index in [1.807, 2.05) is 6.08 Å². The molecular formula is C73H131NO10. The number of aliphatic hydroxyl groups is 5. The molecule has 0 aromatic rings. The van der Waals surface area contributed by atoms with Crippen molar-refractivity contribution >= 4 is 11.9 Å². The Balaban J connectivity index is 2.58. The molecule has 0 aromatic carbocycles. The fourth-order valence-corrected chi connectivity index (χ4v) is 10.9. The maximum Gasteiger partial charge on any atom is 0.306 e. The van der Waals surface area contributed by atoms with Crippen LogP contribution in [0.4, 0.5) is 0 Å². The zero-order chi connectivity index (χ0) is 61.0. The van der Waals surface area contributed by atoms with Crippen LogP contribution < -0.4 is 5.32 Å². The second-order valence-electron chi connectivity index (χ2n) is 24.2. The first-order valence-corrected chi connectivity index (χ1v) is 35.2. The van der Waals surface area contributed by atoms with Crippen molar-refractivity contribution in [1.29, 1.82) is 0 Å².